The first-order chi connectivity index (χ1) is 23.0. The highest BCUT2D eigenvalue weighted by Crippen LogP contribution is 2.46. The lowest BCUT2D eigenvalue weighted by Gasteiger charge is -2.47. The number of likely N-dealkylation sites (N-methyl/N-ethyl adjacent to an activating group) is 1. The van der Waals surface area contributed by atoms with Crippen LogP contribution >= 0.6 is 11.6 Å². The van der Waals surface area contributed by atoms with Crippen LogP contribution in [0.2, 0.25) is 5.02 Å². The van der Waals surface area contributed by atoms with Gasteiger partial charge < -0.3 is 20.2 Å². The van der Waals surface area contributed by atoms with Gasteiger partial charge in [-0.1, -0.05) is 51.4 Å². The third kappa shape index (κ3) is 4.29. The van der Waals surface area contributed by atoms with Gasteiger partial charge in [0.15, 0.2) is 5.82 Å². The lowest BCUT2D eigenvalue weighted by atomic mass is 9.95. The molecule has 246 valence electrons. The summed E-state index contributed by atoms with van der Waals surface area (Å²) in [6.07, 6.45) is 4.78. The normalized spacial score (nSPS) is 20.4. The first-order valence-electron chi connectivity index (χ1n) is 16.3. The molecule has 8 rings (SSSR count). The van der Waals surface area contributed by atoms with Crippen molar-refractivity contribution in [2.75, 3.05) is 23.4 Å². The van der Waals surface area contributed by atoms with E-state index in [0.29, 0.717) is 50.5 Å². The molecule has 6 heterocycles. The molecule has 3 atom stereocenters. The van der Waals surface area contributed by atoms with Gasteiger partial charge in [0.1, 0.15) is 29.5 Å². The Morgan fingerprint density at radius 1 is 1.00 bits per heavy atom. The van der Waals surface area contributed by atoms with E-state index in [1.54, 1.807) is 37.5 Å². The van der Waals surface area contributed by atoms with Gasteiger partial charge in [0.25, 0.3) is 11.5 Å². The zero-order chi connectivity index (χ0) is 33.8. The maximum absolute atomic E-state index is 17.8. The molecule has 0 radical (unpaired) electrons. The number of nitrogens with zero attached hydrogens (tertiary/aromatic N) is 6. The Hall–Kier alpha value is -4.61. The SMILES string of the molecule is CC(C)c1ncnc(C(C)C)c1-n1c(=O)c2c(c3cnc(-c4cc(O)cc5cccc(Cl)c45)c(F)c31)N1CC3CCC(N3)C1C(=O)N2C. The summed E-state index contributed by atoms with van der Waals surface area (Å²) in [6.45, 7) is 8.33. The number of aromatic nitrogens is 4. The number of piperazine rings is 1. The van der Waals surface area contributed by atoms with E-state index in [1.165, 1.54) is 21.9 Å². The quantitative estimate of drug-likeness (QED) is 0.239. The van der Waals surface area contributed by atoms with Crippen LogP contribution in [0.5, 0.6) is 5.75 Å². The highest BCUT2D eigenvalue weighted by Gasteiger charge is 2.50. The number of rotatable bonds is 4. The molecule has 2 saturated heterocycles. The first-order valence-corrected chi connectivity index (χ1v) is 16.7. The Labute approximate surface area is 281 Å². The topological polar surface area (TPSA) is 116 Å². The van der Waals surface area contributed by atoms with Crippen LogP contribution in [-0.4, -0.2) is 62.3 Å². The predicted octanol–water partition coefficient (Wildman–Crippen LogP) is 6.03. The number of phenols is 1. The molecule has 3 unspecified atom stereocenters. The number of carbonyl (C=O) groups is 1. The van der Waals surface area contributed by atoms with Gasteiger partial charge in [-0.2, -0.15) is 0 Å². The number of aromatic hydroxyl groups is 1. The summed E-state index contributed by atoms with van der Waals surface area (Å²) in [4.78, 5) is 46.5. The number of halogens is 2. The molecule has 3 aromatic heterocycles. The van der Waals surface area contributed by atoms with Crippen molar-refractivity contribution in [2.45, 2.75) is 70.5 Å². The Morgan fingerprint density at radius 3 is 2.44 bits per heavy atom. The number of amides is 1. The van der Waals surface area contributed by atoms with Crippen LogP contribution in [0, 0.1) is 5.82 Å². The van der Waals surface area contributed by atoms with Gasteiger partial charge in [-0.25, -0.2) is 14.4 Å². The molecule has 2 N–H and O–H groups in total. The molecule has 2 aromatic carbocycles. The fraction of sp³-hybridized carbons (Fsp3) is 0.361. The summed E-state index contributed by atoms with van der Waals surface area (Å²) in [6, 6.07) is 7.73. The van der Waals surface area contributed by atoms with Crippen molar-refractivity contribution < 1.29 is 14.3 Å². The molecule has 1 amide bonds. The molecule has 3 aliphatic heterocycles. The zero-order valence-electron chi connectivity index (χ0n) is 27.3. The molecule has 0 saturated carbocycles. The minimum Gasteiger partial charge on any atom is -0.508 e. The number of hydrogen-bond acceptors (Lipinski definition) is 8. The number of nitrogens with one attached hydrogen (secondary N) is 1. The van der Waals surface area contributed by atoms with Gasteiger partial charge >= 0.3 is 0 Å². The Balaban J connectivity index is 1.56. The van der Waals surface area contributed by atoms with E-state index >= 15 is 9.18 Å². The Morgan fingerprint density at radius 2 is 1.73 bits per heavy atom. The van der Waals surface area contributed by atoms with E-state index < -0.39 is 17.4 Å². The molecule has 3 aliphatic rings. The van der Waals surface area contributed by atoms with Crippen molar-refractivity contribution >= 4 is 50.6 Å². The molecule has 0 spiro atoms. The zero-order valence-corrected chi connectivity index (χ0v) is 28.0. The van der Waals surface area contributed by atoms with E-state index in [1.807, 2.05) is 32.6 Å². The molecular weight excluding hydrogens is 633 g/mol. The van der Waals surface area contributed by atoms with Crippen molar-refractivity contribution in [3.63, 3.8) is 0 Å². The molecule has 12 heteroatoms. The number of benzene rings is 2. The smallest absolute Gasteiger partial charge is 0.281 e. The predicted molar refractivity (Wildman–Crippen MR) is 185 cm³/mol. The van der Waals surface area contributed by atoms with Crippen LogP contribution in [-0.2, 0) is 4.79 Å². The highest BCUT2D eigenvalue weighted by atomic mass is 35.5. The van der Waals surface area contributed by atoms with Crippen molar-refractivity contribution in [2.24, 2.45) is 0 Å². The Bertz CT molecular complexity index is 2230. The number of fused-ring (bicyclic) bond motifs is 9. The molecule has 48 heavy (non-hydrogen) atoms. The fourth-order valence-electron chi connectivity index (χ4n) is 7.99. The molecule has 5 aromatic rings. The minimum absolute atomic E-state index is 0.00160. The average molecular weight is 668 g/mol. The third-order valence-corrected chi connectivity index (χ3v) is 10.4. The maximum atomic E-state index is 17.8. The molecule has 10 nitrogen and oxygen atoms in total. The summed E-state index contributed by atoms with van der Waals surface area (Å²) >= 11 is 6.68. The molecular formula is C36H35ClFN7O3. The van der Waals surface area contributed by atoms with E-state index in [2.05, 4.69) is 15.3 Å². The van der Waals surface area contributed by atoms with Crippen LogP contribution in [0.25, 0.3) is 38.6 Å². The van der Waals surface area contributed by atoms with E-state index in [4.69, 9.17) is 16.6 Å². The van der Waals surface area contributed by atoms with Crippen LogP contribution in [0.3, 0.4) is 0 Å². The summed E-state index contributed by atoms with van der Waals surface area (Å²) in [7, 11) is 1.62. The third-order valence-electron chi connectivity index (χ3n) is 10.1. The van der Waals surface area contributed by atoms with Gasteiger partial charge in [0, 0.05) is 53.2 Å². The number of phenolic OH excluding ortho intramolecular Hbond substituents is 1. The van der Waals surface area contributed by atoms with Gasteiger partial charge in [0.2, 0.25) is 0 Å². The largest absolute Gasteiger partial charge is 0.508 e. The maximum Gasteiger partial charge on any atom is 0.281 e. The van der Waals surface area contributed by atoms with Gasteiger partial charge in [-0.3, -0.25) is 19.1 Å². The second kappa shape index (κ2) is 11.0. The van der Waals surface area contributed by atoms with Gasteiger partial charge in [-0.15, -0.1) is 0 Å². The second-order valence-corrected chi connectivity index (χ2v) is 14.1. The number of hydrogen-bond donors (Lipinski definition) is 2. The summed E-state index contributed by atoms with van der Waals surface area (Å²) in [5, 5.41) is 16.2. The van der Waals surface area contributed by atoms with Crippen LogP contribution in [0.1, 0.15) is 63.8 Å². The van der Waals surface area contributed by atoms with E-state index in [-0.39, 0.29) is 58.0 Å². The van der Waals surface area contributed by atoms with Gasteiger partial charge in [-0.05, 0) is 48.3 Å². The molecule has 0 aliphatic carbocycles. The van der Waals surface area contributed by atoms with Gasteiger partial charge in [0.05, 0.1) is 28.3 Å². The highest BCUT2D eigenvalue weighted by molar-refractivity contribution is 6.36. The monoisotopic (exact) mass is 667 g/mol. The number of carbonyl (C=O) groups excluding carboxylic acids is 1. The Kier molecular flexibility index (Phi) is 7.01. The second-order valence-electron chi connectivity index (χ2n) is 13.7. The van der Waals surface area contributed by atoms with Crippen molar-refractivity contribution in [1.29, 1.82) is 0 Å². The van der Waals surface area contributed by atoms with Crippen molar-refractivity contribution in [3.8, 4) is 22.7 Å². The summed E-state index contributed by atoms with van der Waals surface area (Å²) in [5.41, 5.74) is 1.85. The van der Waals surface area contributed by atoms with Crippen molar-refractivity contribution in [3.05, 3.63) is 75.4 Å². The van der Waals surface area contributed by atoms with Crippen LogP contribution in [0.4, 0.5) is 15.8 Å². The van der Waals surface area contributed by atoms with Crippen LogP contribution < -0.4 is 20.7 Å². The summed E-state index contributed by atoms with van der Waals surface area (Å²) < 4.78 is 19.1. The van der Waals surface area contributed by atoms with E-state index in [0.717, 1.165) is 12.8 Å². The lowest BCUT2D eigenvalue weighted by molar-refractivity contribution is -0.120. The van der Waals surface area contributed by atoms with E-state index in [9.17, 15) is 9.90 Å². The minimum atomic E-state index is -0.762. The molecule has 2 fully saturated rings. The first kappa shape index (κ1) is 30.7. The molecule has 2 bridgehead atoms. The summed E-state index contributed by atoms with van der Waals surface area (Å²) in [5.74, 6) is -1.33. The average Bonchev–Trinajstić information content (AvgIpc) is 3.43. The van der Waals surface area contributed by atoms with Crippen LogP contribution in [0.15, 0.2) is 47.7 Å². The number of pyridine rings is 2. The van der Waals surface area contributed by atoms with Crippen molar-refractivity contribution in [1.82, 2.24) is 24.8 Å². The lowest BCUT2D eigenvalue weighted by Crippen LogP contribution is -2.66. The standard InChI is InChI=1S/C36H35ClFN7O3/c1-16(2)27-33(28(17(3)4)41-15-40-27)45-30-22(13-39-29(26(30)38)21-12-20(46)11-18-7-6-8-23(37)25(18)21)31-34(36(45)48)43(5)35(47)32-24-10-9-19(42-24)14-44(31)32/h6-8,11-13,15-17,19,24,32,42,46H,9-10,14H2,1-5H3. The fourth-order valence-corrected chi connectivity index (χ4v) is 8.27. The number of anilines is 2.